The molecule has 1 N–H and O–H groups in total. The second-order valence-corrected chi connectivity index (χ2v) is 8.00. The zero-order chi connectivity index (χ0) is 17.9. The van der Waals surface area contributed by atoms with Gasteiger partial charge in [0.25, 0.3) is 0 Å². The van der Waals surface area contributed by atoms with Gasteiger partial charge in [-0.2, -0.15) is 0 Å². The highest BCUT2D eigenvalue weighted by molar-refractivity contribution is 7.92. The van der Waals surface area contributed by atoms with Crippen LogP contribution in [-0.4, -0.2) is 27.1 Å². The molecular weight excluding hydrogens is 371 g/mol. The summed E-state index contributed by atoms with van der Waals surface area (Å²) < 4.78 is 25.1. The molecule has 0 spiro atoms. The van der Waals surface area contributed by atoms with E-state index >= 15 is 0 Å². The Labute approximate surface area is 151 Å². The summed E-state index contributed by atoms with van der Waals surface area (Å²) in [5.74, 6) is -0.487. The van der Waals surface area contributed by atoms with E-state index in [9.17, 15) is 13.2 Å². The molecule has 2 rings (SSSR count). The average molecular weight is 387 g/mol. The monoisotopic (exact) mass is 386 g/mol. The van der Waals surface area contributed by atoms with E-state index in [1.54, 1.807) is 36.4 Å². The minimum atomic E-state index is -3.61. The molecule has 0 aliphatic rings. The fourth-order valence-corrected chi connectivity index (χ4v) is 3.17. The van der Waals surface area contributed by atoms with E-state index in [0.29, 0.717) is 21.4 Å². The van der Waals surface area contributed by atoms with Crippen molar-refractivity contribution in [3.05, 3.63) is 58.1 Å². The maximum absolute atomic E-state index is 12.2. The van der Waals surface area contributed by atoms with E-state index in [-0.39, 0.29) is 6.54 Å². The molecule has 0 bridgehead atoms. The molecule has 1 amide bonds. The maximum atomic E-state index is 12.2. The number of benzene rings is 2. The lowest BCUT2D eigenvalue weighted by Gasteiger charge is -2.22. The molecule has 2 aromatic carbocycles. The minimum Gasteiger partial charge on any atom is -0.324 e. The number of aryl methyl sites for hydroxylation is 1. The van der Waals surface area contributed by atoms with Gasteiger partial charge >= 0.3 is 0 Å². The van der Waals surface area contributed by atoms with Crippen molar-refractivity contribution in [1.29, 1.82) is 0 Å². The second kappa shape index (κ2) is 7.42. The lowest BCUT2D eigenvalue weighted by atomic mass is 10.2. The highest BCUT2D eigenvalue weighted by atomic mass is 35.5. The molecule has 0 saturated carbocycles. The molecule has 0 aromatic heterocycles. The Balaban J connectivity index is 2.18. The van der Waals surface area contributed by atoms with Crippen molar-refractivity contribution in [3.63, 3.8) is 0 Å². The summed E-state index contributed by atoms with van der Waals surface area (Å²) in [4.78, 5) is 12.2. The van der Waals surface area contributed by atoms with Crippen LogP contribution in [0.4, 0.5) is 11.4 Å². The van der Waals surface area contributed by atoms with Crippen molar-refractivity contribution in [3.8, 4) is 0 Å². The lowest BCUT2D eigenvalue weighted by molar-refractivity contribution is -0.114. The first-order valence-corrected chi connectivity index (χ1v) is 9.56. The predicted octanol–water partition coefficient (Wildman–Crippen LogP) is 3.71. The Morgan fingerprint density at radius 3 is 2.25 bits per heavy atom. The first kappa shape index (κ1) is 18.6. The van der Waals surface area contributed by atoms with Crippen LogP contribution in [-0.2, 0) is 14.8 Å². The van der Waals surface area contributed by atoms with Crippen LogP contribution < -0.4 is 9.62 Å². The molecule has 0 atom stereocenters. The van der Waals surface area contributed by atoms with E-state index in [1.165, 1.54) is 6.07 Å². The summed E-state index contributed by atoms with van der Waals surface area (Å²) in [7, 11) is -3.61. The highest BCUT2D eigenvalue weighted by Gasteiger charge is 2.20. The van der Waals surface area contributed by atoms with E-state index in [1.807, 2.05) is 6.92 Å². The molecule has 0 radical (unpaired) electrons. The summed E-state index contributed by atoms with van der Waals surface area (Å²) in [6.07, 6.45) is 1.05. The third kappa shape index (κ3) is 4.87. The molecule has 24 heavy (non-hydrogen) atoms. The Kier molecular flexibility index (Phi) is 5.74. The van der Waals surface area contributed by atoms with Crippen LogP contribution in [0.5, 0.6) is 0 Å². The Bertz CT molecular complexity index is 852. The van der Waals surface area contributed by atoms with Crippen LogP contribution in [0, 0.1) is 6.92 Å². The van der Waals surface area contributed by atoms with E-state index < -0.39 is 15.9 Å². The number of carbonyl (C=O) groups is 1. The SMILES string of the molecule is Cc1ccc(N(CC(=O)Nc2ccc(Cl)c(Cl)c2)S(C)(=O)=O)cc1. The zero-order valence-electron chi connectivity index (χ0n) is 13.1. The number of rotatable bonds is 5. The van der Waals surface area contributed by atoms with Crippen molar-refractivity contribution in [1.82, 2.24) is 0 Å². The van der Waals surface area contributed by atoms with Gasteiger partial charge in [-0.05, 0) is 37.3 Å². The second-order valence-electron chi connectivity index (χ2n) is 5.28. The Morgan fingerprint density at radius 1 is 1.08 bits per heavy atom. The van der Waals surface area contributed by atoms with E-state index in [0.717, 1.165) is 16.1 Å². The molecule has 8 heteroatoms. The summed E-state index contributed by atoms with van der Waals surface area (Å²) in [5, 5.41) is 3.27. The minimum absolute atomic E-state index is 0.299. The van der Waals surface area contributed by atoms with Gasteiger partial charge in [0.15, 0.2) is 0 Å². The Hall–Kier alpha value is -1.76. The summed E-state index contributed by atoms with van der Waals surface area (Å²) in [6, 6.07) is 11.5. The normalized spacial score (nSPS) is 11.2. The Morgan fingerprint density at radius 2 is 1.71 bits per heavy atom. The van der Waals surface area contributed by atoms with Crippen molar-refractivity contribution >= 4 is 50.5 Å². The summed E-state index contributed by atoms with van der Waals surface area (Å²) >= 11 is 11.7. The van der Waals surface area contributed by atoms with Gasteiger partial charge in [-0.1, -0.05) is 40.9 Å². The van der Waals surface area contributed by atoms with Crippen LogP contribution in [0.2, 0.25) is 10.0 Å². The molecule has 0 saturated heterocycles. The van der Waals surface area contributed by atoms with Gasteiger partial charge in [-0.15, -0.1) is 0 Å². The molecule has 2 aromatic rings. The number of anilines is 2. The van der Waals surface area contributed by atoms with Gasteiger partial charge in [0, 0.05) is 5.69 Å². The molecule has 0 unspecified atom stereocenters. The summed E-state index contributed by atoms with van der Waals surface area (Å²) in [6.45, 7) is 1.55. The molecule has 5 nitrogen and oxygen atoms in total. The number of nitrogens with one attached hydrogen (secondary N) is 1. The number of hydrogen-bond donors (Lipinski definition) is 1. The van der Waals surface area contributed by atoms with Crippen LogP contribution >= 0.6 is 23.2 Å². The van der Waals surface area contributed by atoms with Gasteiger partial charge in [-0.25, -0.2) is 8.42 Å². The molecule has 0 aliphatic heterocycles. The van der Waals surface area contributed by atoms with Gasteiger partial charge < -0.3 is 5.32 Å². The number of amides is 1. The van der Waals surface area contributed by atoms with Gasteiger partial charge in [-0.3, -0.25) is 9.10 Å². The first-order valence-electron chi connectivity index (χ1n) is 6.96. The number of halogens is 2. The van der Waals surface area contributed by atoms with Crippen molar-refractivity contribution in [2.24, 2.45) is 0 Å². The standard InChI is InChI=1S/C16H16Cl2N2O3S/c1-11-3-6-13(7-4-11)20(24(2,22)23)10-16(21)19-12-5-8-14(17)15(18)9-12/h3-9H,10H2,1-2H3,(H,19,21). The van der Waals surface area contributed by atoms with Gasteiger partial charge in [0.05, 0.1) is 22.0 Å². The lowest BCUT2D eigenvalue weighted by Crippen LogP contribution is -2.37. The number of carbonyl (C=O) groups excluding carboxylic acids is 1. The van der Waals surface area contributed by atoms with E-state index in [2.05, 4.69) is 5.32 Å². The third-order valence-corrected chi connectivity index (χ3v) is 5.09. The average Bonchev–Trinajstić information content (AvgIpc) is 2.49. The van der Waals surface area contributed by atoms with Crippen LogP contribution in [0.3, 0.4) is 0 Å². The smallest absolute Gasteiger partial charge is 0.245 e. The van der Waals surface area contributed by atoms with Gasteiger partial charge in [0.2, 0.25) is 15.9 Å². The molecule has 0 aliphatic carbocycles. The fraction of sp³-hybridized carbons (Fsp3) is 0.188. The molecule has 0 fully saturated rings. The van der Waals surface area contributed by atoms with Crippen molar-refractivity contribution in [2.75, 3.05) is 22.4 Å². The van der Waals surface area contributed by atoms with E-state index in [4.69, 9.17) is 23.2 Å². The maximum Gasteiger partial charge on any atom is 0.245 e. The van der Waals surface area contributed by atoms with Crippen molar-refractivity contribution < 1.29 is 13.2 Å². The molecule has 128 valence electrons. The quantitative estimate of drug-likeness (QED) is 0.851. The van der Waals surface area contributed by atoms with Crippen LogP contribution in [0.1, 0.15) is 5.56 Å². The fourth-order valence-electron chi connectivity index (χ4n) is 2.02. The summed E-state index contributed by atoms with van der Waals surface area (Å²) in [5.41, 5.74) is 1.85. The molecular formula is C16H16Cl2N2O3S. The first-order chi connectivity index (χ1) is 11.2. The highest BCUT2D eigenvalue weighted by Crippen LogP contribution is 2.25. The number of nitrogens with zero attached hydrogens (tertiary/aromatic N) is 1. The number of sulfonamides is 1. The zero-order valence-corrected chi connectivity index (χ0v) is 15.4. The third-order valence-electron chi connectivity index (χ3n) is 3.21. The van der Waals surface area contributed by atoms with Crippen LogP contribution in [0.25, 0.3) is 0 Å². The van der Waals surface area contributed by atoms with Crippen molar-refractivity contribution in [2.45, 2.75) is 6.92 Å². The predicted molar refractivity (Wildman–Crippen MR) is 98.5 cm³/mol. The topological polar surface area (TPSA) is 66.5 Å². The largest absolute Gasteiger partial charge is 0.324 e. The van der Waals surface area contributed by atoms with Gasteiger partial charge in [0.1, 0.15) is 6.54 Å². The van der Waals surface area contributed by atoms with Crippen LogP contribution in [0.15, 0.2) is 42.5 Å². The number of hydrogen-bond acceptors (Lipinski definition) is 3. The molecule has 0 heterocycles.